The van der Waals surface area contributed by atoms with Crippen LogP contribution in [0.4, 0.5) is 0 Å². The van der Waals surface area contributed by atoms with E-state index in [1.165, 1.54) is 6.08 Å². The van der Waals surface area contributed by atoms with Crippen molar-refractivity contribution in [1.29, 1.82) is 10.5 Å². The minimum Gasteiger partial charge on any atom is -0.493 e. The lowest BCUT2D eigenvalue weighted by Crippen LogP contribution is -2.23. The Balaban J connectivity index is 1.82. The molecule has 6 nitrogen and oxygen atoms in total. The van der Waals surface area contributed by atoms with Gasteiger partial charge < -0.3 is 14.8 Å². The maximum atomic E-state index is 11.1. The van der Waals surface area contributed by atoms with Crippen molar-refractivity contribution in [2.24, 2.45) is 0 Å². The van der Waals surface area contributed by atoms with Crippen LogP contribution >= 0.6 is 0 Å². The normalized spacial score (nSPS) is 11.0. The highest BCUT2D eigenvalue weighted by atomic mass is 16.5. The van der Waals surface area contributed by atoms with E-state index in [1.54, 1.807) is 24.3 Å². The number of carbonyl (C=O) groups is 1. The first-order chi connectivity index (χ1) is 13.7. The van der Waals surface area contributed by atoms with Crippen LogP contribution in [-0.4, -0.2) is 19.1 Å². The van der Waals surface area contributed by atoms with Crippen molar-refractivity contribution in [3.05, 3.63) is 71.8 Å². The molecular formula is C22H17N3O3. The van der Waals surface area contributed by atoms with Gasteiger partial charge in [-0.05, 0) is 30.7 Å². The van der Waals surface area contributed by atoms with Gasteiger partial charge in [0.05, 0.1) is 6.61 Å². The second-order valence-corrected chi connectivity index (χ2v) is 5.93. The SMILES string of the molecule is C=CC(=O)NCCCOc1ccc2c(c1)Oc1ccccc1C2=C(C#N)C#N. The fourth-order valence-corrected chi connectivity index (χ4v) is 2.86. The van der Waals surface area contributed by atoms with E-state index in [9.17, 15) is 15.3 Å². The Hall–Kier alpha value is -4.03. The third-order valence-corrected chi connectivity index (χ3v) is 4.15. The summed E-state index contributed by atoms with van der Waals surface area (Å²) < 4.78 is 11.7. The van der Waals surface area contributed by atoms with E-state index in [0.29, 0.717) is 53.5 Å². The van der Waals surface area contributed by atoms with Gasteiger partial charge in [-0.1, -0.05) is 24.8 Å². The van der Waals surface area contributed by atoms with Crippen LogP contribution in [0.1, 0.15) is 17.5 Å². The summed E-state index contributed by atoms with van der Waals surface area (Å²) in [5, 5.41) is 21.4. The molecule has 0 spiro atoms. The van der Waals surface area contributed by atoms with Crippen LogP contribution < -0.4 is 14.8 Å². The number of allylic oxidation sites excluding steroid dienone is 1. The summed E-state index contributed by atoms with van der Waals surface area (Å²) in [6, 6.07) is 16.5. The molecule has 1 N–H and O–H groups in total. The molecule has 1 aliphatic rings. The van der Waals surface area contributed by atoms with Gasteiger partial charge in [0.1, 0.15) is 35.0 Å². The number of nitrogens with one attached hydrogen (secondary N) is 1. The van der Waals surface area contributed by atoms with Gasteiger partial charge in [-0.25, -0.2) is 0 Å². The number of hydrogen-bond donors (Lipinski definition) is 1. The molecule has 0 fully saturated rings. The van der Waals surface area contributed by atoms with Crippen LogP contribution in [0.25, 0.3) is 5.57 Å². The van der Waals surface area contributed by atoms with Crippen LogP contribution in [0, 0.1) is 22.7 Å². The number of hydrogen-bond acceptors (Lipinski definition) is 5. The standard InChI is InChI=1S/C22H17N3O3/c1-2-21(26)25-10-5-11-27-16-8-9-18-20(12-16)28-19-7-4-3-6-17(19)22(18)15(13-23)14-24/h2-4,6-9,12H,1,5,10-11H2,(H,25,26). The number of rotatable bonds is 6. The predicted octanol–water partition coefficient (Wildman–Crippen LogP) is 3.71. The molecule has 6 heteroatoms. The van der Waals surface area contributed by atoms with Crippen molar-refractivity contribution in [2.75, 3.05) is 13.2 Å². The Bertz CT molecular complexity index is 1030. The average molecular weight is 371 g/mol. The van der Waals surface area contributed by atoms with Gasteiger partial charge >= 0.3 is 0 Å². The third kappa shape index (κ3) is 3.87. The van der Waals surface area contributed by atoms with Crippen molar-refractivity contribution in [2.45, 2.75) is 6.42 Å². The van der Waals surface area contributed by atoms with E-state index in [0.717, 1.165) is 0 Å². The summed E-state index contributed by atoms with van der Waals surface area (Å²) in [4.78, 5) is 11.1. The molecule has 3 rings (SSSR count). The number of amides is 1. The minimum atomic E-state index is -0.217. The number of fused-ring (bicyclic) bond motifs is 2. The number of benzene rings is 2. The van der Waals surface area contributed by atoms with E-state index in [4.69, 9.17) is 9.47 Å². The molecule has 0 aromatic heterocycles. The number of carbonyl (C=O) groups excluding carboxylic acids is 1. The maximum Gasteiger partial charge on any atom is 0.243 e. The van der Waals surface area contributed by atoms with E-state index in [2.05, 4.69) is 11.9 Å². The van der Waals surface area contributed by atoms with E-state index >= 15 is 0 Å². The number of ether oxygens (including phenoxy) is 2. The number of para-hydroxylation sites is 1. The Kier molecular flexibility index (Phi) is 5.74. The highest BCUT2D eigenvalue weighted by Crippen LogP contribution is 2.45. The monoisotopic (exact) mass is 371 g/mol. The number of nitriles is 2. The molecule has 0 unspecified atom stereocenters. The lowest BCUT2D eigenvalue weighted by atomic mass is 9.90. The Labute approximate surface area is 162 Å². The van der Waals surface area contributed by atoms with Gasteiger partial charge in [0.25, 0.3) is 0 Å². The second kappa shape index (κ2) is 8.57. The van der Waals surface area contributed by atoms with Gasteiger partial charge in [0.15, 0.2) is 0 Å². The van der Waals surface area contributed by atoms with Gasteiger partial charge in [0, 0.05) is 29.3 Å². The quantitative estimate of drug-likeness (QED) is 0.405. The summed E-state index contributed by atoms with van der Waals surface area (Å²) in [5.41, 5.74) is 1.96. The van der Waals surface area contributed by atoms with Crippen molar-refractivity contribution in [1.82, 2.24) is 5.32 Å². The molecule has 0 atom stereocenters. The Morgan fingerprint density at radius 2 is 1.89 bits per heavy atom. The minimum absolute atomic E-state index is 0.0311. The molecule has 1 aliphatic heterocycles. The van der Waals surface area contributed by atoms with Gasteiger partial charge in [-0.3, -0.25) is 4.79 Å². The summed E-state index contributed by atoms with van der Waals surface area (Å²) in [5.74, 6) is 1.49. The summed E-state index contributed by atoms with van der Waals surface area (Å²) >= 11 is 0. The highest BCUT2D eigenvalue weighted by molar-refractivity contribution is 5.93. The van der Waals surface area contributed by atoms with Crippen LogP contribution in [0.3, 0.4) is 0 Å². The number of nitrogens with zero attached hydrogens (tertiary/aromatic N) is 2. The van der Waals surface area contributed by atoms with Crippen molar-refractivity contribution < 1.29 is 14.3 Å². The average Bonchev–Trinajstić information content (AvgIpc) is 2.73. The molecule has 1 heterocycles. The maximum absolute atomic E-state index is 11.1. The zero-order valence-corrected chi connectivity index (χ0v) is 15.1. The summed E-state index contributed by atoms with van der Waals surface area (Å²) in [7, 11) is 0. The van der Waals surface area contributed by atoms with Crippen molar-refractivity contribution >= 4 is 11.5 Å². The molecule has 1 amide bonds. The third-order valence-electron chi connectivity index (χ3n) is 4.15. The molecule has 138 valence electrons. The van der Waals surface area contributed by atoms with Gasteiger partial charge in [-0.15, -0.1) is 0 Å². The van der Waals surface area contributed by atoms with Crippen molar-refractivity contribution in [3.8, 4) is 29.4 Å². The smallest absolute Gasteiger partial charge is 0.243 e. The highest BCUT2D eigenvalue weighted by Gasteiger charge is 2.25. The van der Waals surface area contributed by atoms with E-state index in [1.807, 2.05) is 30.3 Å². The summed E-state index contributed by atoms with van der Waals surface area (Å²) in [6.45, 7) is 4.29. The molecule has 28 heavy (non-hydrogen) atoms. The molecular weight excluding hydrogens is 354 g/mol. The van der Waals surface area contributed by atoms with E-state index in [-0.39, 0.29) is 11.5 Å². The van der Waals surface area contributed by atoms with Gasteiger partial charge in [0.2, 0.25) is 5.91 Å². The first-order valence-electron chi connectivity index (χ1n) is 8.67. The van der Waals surface area contributed by atoms with Crippen LogP contribution in [0.15, 0.2) is 60.7 Å². The second-order valence-electron chi connectivity index (χ2n) is 5.93. The topological polar surface area (TPSA) is 95.1 Å². The molecule has 0 radical (unpaired) electrons. The Morgan fingerprint density at radius 1 is 1.14 bits per heavy atom. The molecule has 0 saturated heterocycles. The zero-order valence-electron chi connectivity index (χ0n) is 15.1. The Morgan fingerprint density at radius 3 is 2.64 bits per heavy atom. The first kappa shape index (κ1) is 18.8. The molecule has 2 aromatic carbocycles. The molecule has 0 aliphatic carbocycles. The lowest BCUT2D eigenvalue weighted by Gasteiger charge is -2.23. The van der Waals surface area contributed by atoms with Crippen LogP contribution in [-0.2, 0) is 4.79 Å². The van der Waals surface area contributed by atoms with Crippen LogP contribution in [0.5, 0.6) is 17.2 Å². The molecule has 0 saturated carbocycles. The summed E-state index contributed by atoms with van der Waals surface area (Å²) in [6.07, 6.45) is 1.86. The lowest BCUT2D eigenvalue weighted by molar-refractivity contribution is -0.116. The molecule has 2 aromatic rings. The fraction of sp³-hybridized carbons (Fsp3) is 0.136. The van der Waals surface area contributed by atoms with E-state index < -0.39 is 0 Å². The molecule has 0 bridgehead atoms. The largest absolute Gasteiger partial charge is 0.493 e. The fourth-order valence-electron chi connectivity index (χ4n) is 2.86. The zero-order chi connectivity index (χ0) is 19.9. The predicted molar refractivity (Wildman–Crippen MR) is 104 cm³/mol. The van der Waals surface area contributed by atoms with Gasteiger partial charge in [-0.2, -0.15) is 10.5 Å². The van der Waals surface area contributed by atoms with Crippen molar-refractivity contribution in [3.63, 3.8) is 0 Å². The van der Waals surface area contributed by atoms with Crippen LogP contribution in [0.2, 0.25) is 0 Å². The first-order valence-corrected chi connectivity index (χ1v) is 8.67.